The number of anilines is 1. The van der Waals surface area contributed by atoms with Crippen LogP contribution in [0.4, 0.5) is 5.82 Å². The SMILES string of the molecule is C#CCN(N)c1cc(O)on1. The van der Waals surface area contributed by atoms with Gasteiger partial charge in [0.2, 0.25) is 0 Å². The Morgan fingerprint density at radius 1 is 1.91 bits per heavy atom. The van der Waals surface area contributed by atoms with Gasteiger partial charge in [0.15, 0.2) is 5.82 Å². The van der Waals surface area contributed by atoms with Crippen molar-refractivity contribution in [2.45, 2.75) is 0 Å². The number of rotatable bonds is 2. The van der Waals surface area contributed by atoms with Crippen molar-refractivity contribution in [1.29, 1.82) is 0 Å². The van der Waals surface area contributed by atoms with Crippen LogP contribution < -0.4 is 10.9 Å². The molecule has 1 aromatic rings. The highest BCUT2D eigenvalue weighted by Crippen LogP contribution is 2.15. The summed E-state index contributed by atoms with van der Waals surface area (Å²) in [7, 11) is 0. The van der Waals surface area contributed by atoms with E-state index in [1.807, 2.05) is 0 Å². The third kappa shape index (κ3) is 1.63. The highest BCUT2D eigenvalue weighted by Gasteiger charge is 2.05. The number of aromatic nitrogens is 1. The number of hydrazine groups is 1. The third-order valence-electron chi connectivity index (χ3n) is 1.04. The molecule has 0 aromatic carbocycles. The Labute approximate surface area is 63.4 Å². The van der Waals surface area contributed by atoms with E-state index in [9.17, 15) is 0 Å². The fourth-order valence-electron chi connectivity index (χ4n) is 0.571. The minimum absolute atomic E-state index is 0.214. The Bertz CT molecular complexity index is 276. The normalized spacial score (nSPS) is 9.09. The molecule has 11 heavy (non-hydrogen) atoms. The van der Waals surface area contributed by atoms with Crippen LogP contribution in [-0.2, 0) is 0 Å². The van der Waals surface area contributed by atoms with E-state index < -0.39 is 0 Å². The van der Waals surface area contributed by atoms with Gasteiger partial charge in [-0.05, 0) is 0 Å². The number of hydrogen-bond acceptors (Lipinski definition) is 5. The highest BCUT2D eigenvalue weighted by molar-refractivity contribution is 5.38. The number of nitrogens with zero attached hydrogens (tertiary/aromatic N) is 2. The lowest BCUT2D eigenvalue weighted by Crippen LogP contribution is -2.31. The first-order valence-corrected chi connectivity index (χ1v) is 2.85. The number of nitrogens with two attached hydrogens (primary N) is 1. The van der Waals surface area contributed by atoms with Gasteiger partial charge >= 0.3 is 5.95 Å². The van der Waals surface area contributed by atoms with E-state index in [1.165, 1.54) is 11.1 Å². The molecule has 0 aliphatic carbocycles. The quantitative estimate of drug-likeness (QED) is 0.346. The summed E-state index contributed by atoms with van der Waals surface area (Å²) in [6.07, 6.45) is 4.98. The predicted octanol–water partition coefficient (Wildman–Crippen LogP) is -0.307. The Hall–Kier alpha value is -1.67. The van der Waals surface area contributed by atoms with Crippen LogP contribution in [0.25, 0.3) is 0 Å². The van der Waals surface area contributed by atoms with Crippen molar-refractivity contribution in [3.63, 3.8) is 0 Å². The molecule has 58 valence electrons. The largest absolute Gasteiger partial charge is 0.479 e. The first-order valence-electron chi connectivity index (χ1n) is 2.85. The molecule has 1 rings (SSSR count). The standard InChI is InChI=1S/C6H7N3O2/c1-2-3-9(7)5-4-6(10)11-8-5/h1,4,10H,3,7H2. The zero-order chi connectivity index (χ0) is 8.27. The van der Waals surface area contributed by atoms with Gasteiger partial charge in [0.05, 0.1) is 12.6 Å². The summed E-state index contributed by atoms with van der Waals surface area (Å²) in [6, 6.07) is 1.28. The lowest BCUT2D eigenvalue weighted by Gasteiger charge is -2.08. The van der Waals surface area contributed by atoms with Gasteiger partial charge in [-0.3, -0.25) is 5.01 Å². The van der Waals surface area contributed by atoms with E-state index in [1.54, 1.807) is 0 Å². The van der Waals surface area contributed by atoms with Crippen molar-refractivity contribution in [3.8, 4) is 18.3 Å². The molecule has 0 unspecified atom stereocenters. The van der Waals surface area contributed by atoms with E-state index in [2.05, 4.69) is 15.6 Å². The first-order chi connectivity index (χ1) is 5.24. The van der Waals surface area contributed by atoms with E-state index >= 15 is 0 Å². The molecule has 0 atom stereocenters. The van der Waals surface area contributed by atoms with Crippen LogP contribution in [0, 0.1) is 12.3 Å². The van der Waals surface area contributed by atoms with E-state index in [4.69, 9.17) is 17.4 Å². The van der Waals surface area contributed by atoms with Gasteiger partial charge in [-0.1, -0.05) is 11.1 Å². The monoisotopic (exact) mass is 153 g/mol. The Kier molecular flexibility index (Phi) is 1.99. The summed E-state index contributed by atoms with van der Waals surface area (Å²) in [6.45, 7) is 0.214. The molecule has 0 fully saturated rings. The molecular formula is C6H7N3O2. The van der Waals surface area contributed by atoms with Crippen molar-refractivity contribution < 1.29 is 9.63 Å². The molecule has 0 radical (unpaired) electrons. The summed E-state index contributed by atoms with van der Waals surface area (Å²) in [4.78, 5) is 0. The van der Waals surface area contributed by atoms with E-state index in [0.717, 1.165) is 0 Å². The first kappa shape index (κ1) is 7.44. The molecule has 3 N–H and O–H groups in total. The fourth-order valence-corrected chi connectivity index (χ4v) is 0.571. The zero-order valence-electron chi connectivity index (χ0n) is 5.69. The van der Waals surface area contributed by atoms with Crippen molar-refractivity contribution >= 4 is 5.82 Å². The third-order valence-corrected chi connectivity index (χ3v) is 1.04. The molecule has 0 spiro atoms. The molecule has 0 amide bonds. The van der Waals surface area contributed by atoms with Crippen LogP contribution in [0.5, 0.6) is 5.95 Å². The van der Waals surface area contributed by atoms with E-state index in [-0.39, 0.29) is 12.5 Å². The minimum atomic E-state index is -0.285. The number of terminal acetylenes is 1. The molecule has 0 saturated carbocycles. The maximum Gasteiger partial charge on any atom is 0.310 e. The summed E-state index contributed by atoms with van der Waals surface area (Å²) in [5.74, 6) is 7.71. The van der Waals surface area contributed by atoms with Crippen LogP contribution in [0.3, 0.4) is 0 Å². The molecule has 0 bridgehead atoms. The van der Waals surface area contributed by atoms with Crippen molar-refractivity contribution in [3.05, 3.63) is 6.07 Å². The molecule has 0 aliphatic rings. The Balaban J connectivity index is 2.70. The predicted molar refractivity (Wildman–Crippen MR) is 38.5 cm³/mol. The van der Waals surface area contributed by atoms with E-state index in [0.29, 0.717) is 5.82 Å². The maximum atomic E-state index is 8.71. The highest BCUT2D eigenvalue weighted by atomic mass is 16.5. The second-order valence-electron chi connectivity index (χ2n) is 1.86. The average Bonchev–Trinajstić information content (AvgIpc) is 2.36. The van der Waals surface area contributed by atoms with Gasteiger partial charge in [0.1, 0.15) is 0 Å². The van der Waals surface area contributed by atoms with Gasteiger partial charge in [-0.25, -0.2) is 5.84 Å². The fraction of sp³-hybridized carbons (Fsp3) is 0.167. The molecule has 1 heterocycles. The van der Waals surface area contributed by atoms with Crippen molar-refractivity contribution in [2.75, 3.05) is 11.6 Å². The summed E-state index contributed by atoms with van der Waals surface area (Å²) < 4.78 is 4.35. The summed E-state index contributed by atoms with van der Waals surface area (Å²) in [5, 5.41) is 13.3. The van der Waals surface area contributed by atoms with Gasteiger partial charge in [0.25, 0.3) is 0 Å². The zero-order valence-corrected chi connectivity index (χ0v) is 5.69. The summed E-state index contributed by atoms with van der Waals surface area (Å²) >= 11 is 0. The Morgan fingerprint density at radius 3 is 3.09 bits per heavy atom. The van der Waals surface area contributed by atoms with Crippen LogP contribution in [-0.4, -0.2) is 16.8 Å². The van der Waals surface area contributed by atoms with Crippen LogP contribution in [0.1, 0.15) is 0 Å². The van der Waals surface area contributed by atoms with Gasteiger partial charge in [-0.2, -0.15) is 0 Å². The molecule has 5 heteroatoms. The van der Waals surface area contributed by atoms with Crippen LogP contribution in [0.15, 0.2) is 10.6 Å². The van der Waals surface area contributed by atoms with Crippen LogP contribution >= 0.6 is 0 Å². The van der Waals surface area contributed by atoms with Gasteiger partial charge < -0.3 is 9.63 Å². The number of hydrogen-bond donors (Lipinski definition) is 2. The molecule has 0 saturated heterocycles. The molecule has 1 aromatic heterocycles. The average molecular weight is 153 g/mol. The molecule has 0 aliphatic heterocycles. The Morgan fingerprint density at radius 2 is 2.64 bits per heavy atom. The minimum Gasteiger partial charge on any atom is -0.479 e. The van der Waals surface area contributed by atoms with Crippen molar-refractivity contribution in [2.24, 2.45) is 5.84 Å². The lowest BCUT2D eigenvalue weighted by atomic mass is 10.5. The maximum absolute atomic E-state index is 8.71. The lowest BCUT2D eigenvalue weighted by molar-refractivity contribution is 0.278. The van der Waals surface area contributed by atoms with Crippen LogP contribution in [0.2, 0.25) is 0 Å². The molecule has 5 nitrogen and oxygen atoms in total. The second-order valence-corrected chi connectivity index (χ2v) is 1.86. The second kappa shape index (κ2) is 2.94. The summed E-state index contributed by atoms with van der Waals surface area (Å²) in [5.41, 5.74) is 0. The van der Waals surface area contributed by atoms with Gasteiger partial charge in [0, 0.05) is 0 Å². The van der Waals surface area contributed by atoms with Gasteiger partial charge in [-0.15, -0.1) is 6.42 Å². The topological polar surface area (TPSA) is 75.5 Å². The number of aromatic hydroxyl groups is 1. The smallest absolute Gasteiger partial charge is 0.310 e. The van der Waals surface area contributed by atoms with Crippen molar-refractivity contribution in [1.82, 2.24) is 5.16 Å². The molecular weight excluding hydrogens is 146 g/mol.